The Morgan fingerprint density at radius 1 is 1.05 bits per heavy atom. The summed E-state index contributed by atoms with van der Waals surface area (Å²) in [6, 6.07) is 14.1. The minimum absolute atomic E-state index is 0.0257. The van der Waals surface area contributed by atoms with Gasteiger partial charge in [0.15, 0.2) is 0 Å². The SMILES string of the molecule is Cc1ccc(C)c(C(=O)NCc2ccc(CCN)cc2)c1. The van der Waals surface area contributed by atoms with Crippen molar-refractivity contribution in [2.75, 3.05) is 6.54 Å². The maximum absolute atomic E-state index is 12.2. The minimum Gasteiger partial charge on any atom is -0.348 e. The predicted octanol–water partition coefficient (Wildman–Crippen LogP) is 2.73. The van der Waals surface area contributed by atoms with E-state index >= 15 is 0 Å². The van der Waals surface area contributed by atoms with Gasteiger partial charge in [0.05, 0.1) is 0 Å². The molecule has 3 heteroatoms. The van der Waals surface area contributed by atoms with Gasteiger partial charge in [-0.25, -0.2) is 0 Å². The summed E-state index contributed by atoms with van der Waals surface area (Å²) in [6.45, 7) is 5.14. The Hall–Kier alpha value is -2.13. The Kier molecular flexibility index (Phi) is 5.12. The van der Waals surface area contributed by atoms with Gasteiger partial charge in [-0.15, -0.1) is 0 Å². The van der Waals surface area contributed by atoms with Crippen LogP contribution < -0.4 is 11.1 Å². The van der Waals surface area contributed by atoms with Gasteiger partial charge < -0.3 is 11.1 Å². The summed E-state index contributed by atoms with van der Waals surface area (Å²) in [5, 5.41) is 2.97. The van der Waals surface area contributed by atoms with Gasteiger partial charge in [-0.05, 0) is 49.6 Å². The zero-order valence-electron chi connectivity index (χ0n) is 12.6. The lowest BCUT2D eigenvalue weighted by molar-refractivity contribution is 0.0950. The first-order chi connectivity index (χ1) is 10.1. The highest BCUT2D eigenvalue weighted by atomic mass is 16.1. The maximum atomic E-state index is 12.2. The van der Waals surface area contributed by atoms with E-state index < -0.39 is 0 Å². The van der Waals surface area contributed by atoms with Crippen LogP contribution in [0.4, 0.5) is 0 Å². The molecule has 0 saturated carbocycles. The third kappa shape index (κ3) is 4.17. The molecule has 2 aromatic carbocycles. The average molecular weight is 282 g/mol. The van der Waals surface area contributed by atoms with Gasteiger partial charge in [0.25, 0.3) is 5.91 Å². The van der Waals surface area contributed by atoms with Crippen LogP contribution in [0.5, 0.6) is 0 Å². The first-order valence-corrected chi connectivity index (χ1v) is 7.23. The lowest BCUT2D eigenvalue weighted by Gasteiger charge is -2.09. The van der Waals surface area contributed by atoms with Gasteiger partial charge in [0, 0.05) is 12.1 Å². The highest BCUT2D eigenvalue weighted by Gasteiger charge is 2.08. The first kappa shape index (κ1) is 15.3. The fourth-order valence-electron chi connectivity index (χ4n) is 2.25. The summed E-state index contributed by atoms with van der Waals surface area (Å²) < 4.78 is 0. The number of nitrogens with two attached hydrogens (primary N) is 1. The molecular formula is C18H22N2O. The fourth-order valence-corrected chi connectivity index (χ4v) is 2.25. The van der Waals surface area contributed by atoms with Crippen molar-refractivity contribution in [3.63, 3.8) is 0 Å². The molecule has 0 radical (unpaired) electrons. The van der Waals surface area contributed by atoms with Crippen molar-refractivity contribution in [2.45, 2.75) is 26.8 Å². The molecule has 110 valence electrons. The van der Waals surface area contributed by atoms with Crippen molar-refractivity contribution < 1.29 is 4.79 Å². The normalized spacial score (nSPS) is 10.4. The second-order valence-electron chi connectivity index (χ2n) is 5.36. The van der Waals surface area contributed by atoms with Crippen LogP contribution in [0, 0.1) is 13.8 Å². The summed E-state index contributed by atoms with van der Waals surface area (Å²) in [4.78, 5) is 12.2. The molecule has 0 bridgehead atoms. The van der Waals surface area contributed by atoms with E-state index in [2.05, 4.69) is 17.4 Å². The van der Waals surface area contributed by atoms with Gasteiger partial charge in [0.2, 0.25) is 0 Å². The summed E-state index contributed by atoms with van der Waals surface area (Å²) >= 11 is 0. The van der Waals surface area contributed by atoms with E-state index in [1.165, 1.54) is 5.56 Å². The van der Waals surface area contributed by atoms with Crippen molar-refractivity contribution in [3.8, 4) is 0 Å². The van der Waals surface area contributed by atoms with Crippen molar-refractivity contribution in [3.05, 3.63) is 70.3 Å². The third-order valence-corrected chi connectivity index (χ3v) is 3.55. The number of carbonyl (C=O) groups is 1. The number of hydrogen-bond donors (Lipinski definition) is 2. The Bertz CT molecular complexity index is 618. The summed E-state index contributed by atoms with van der Waals surface area (Å²) in [5.41, 5.74) is 10.7. The molecule has 21 heavy (non-hydrogen) atoms. The summed E-state index contributed by atoms with van der Waals surface area (Å²) in [7, 11) is 0. The van der Waals surface area contributed by atoms with Crippen LogP contribution in [0.3, 0.4) is 0 Å². The molecule has 3 nitrogen and oxygen atoms in total. The van der Waals surface area contributed by atoms with Crippen LogP contribution >= 0.6 is 0 Å². The van der Waals surface area contributed by atoms with Crippen LogP contribution in [0.15, 0.2) is 42.5 Å². The molecule has 0 unspecified atom stereocenters. The number of rotatable bonds is 5. The molecule has 0 atom stereocenters. The van der Waals surface area contributed by atoms with E-state index in [-0.39, 0.29) is 5.91 Å². The van der Waals surface area contributed by atoms with Crippen molar-refractivity contribution in [1.29, 1.82) is 0 Å². The van der Waals surface area contributed by atoms with Gasteiger partial charge in [-0.2, -0.15) is 0 Å². The number of amides is 1. The molecule has 0 fully saturated rings. The Balaban J connectivity index is 1.99. The molecule has 2 aromatic rings. The Labute approximate surface area is 126 Å². The number of carbonyl (C=O) groups excluding carboxylic acids is 1. The third-order valence-electron chi connectivity index (χ3n) is 3.55. The largest absolute Gasteiger partial charge is 0.348 e. The molecule has 3 N–H and O–H groups in total. The second-order valence-corrected chi connectivity index (χ2v) is 5.36. The summed E-state index contributed by atoms with van der Waals surface area (Å²) in [5.74, 6) is -0.0257. The number of benzene rings is 2. The van der Waals surface area contributed by atoms with E-state index in [4.69, 9.17) is 5.73 Å². The average Bonchev–Trinajstić information content (AvgIpc) is 2.49. The number of nitrogens with one attached hydrogen (secondary N) is 1. The van der Waals surface area contributed by atoms with Gasteiger partial charge in [-0.3, -0.25) is 4.79 Å². The maximum Gasteiger partial charge on any atom is 0.251 e. The van der Waals surface area contributed by atoms with Crippen LogP contribution in [0.25, 0.3) is 0 Å². The lowest BCUT2D eigenvalue weighted by Crippen LogP contribution is -2.23. The minimum atomic E-state index is -0.0257. The van der Waals surface area contributed by atoms with Crippen LogP contribution in [0.1, 0.15) is 32.6 Å². The van der Waals surface area contributed by atoms with Gasteiger partial charge in [-0.1, -0.05) is 42.0 Å². The van der Waals surface area contributed by atoms with Crippen molar-refractivity contribution >= 4 is 5.91 Å². The molecule has 0 heterocycles. The molecule has 0 spiro atoms. The molecule has 2 rings (SSSR count). The van der Waals surface area contributed by atoms with Crippen molar-refractivity contribution in [1.82, 2.24) is 5.32 Å². The Morgan fingerprint density at radius 2 is 1.71 bits per heavy atom. The zero-order valence-corrected chi connectivity index (χ0v) is 12.6. The fraction of sp³-hybridized carbons (Fsp3) is 0.278. The quantitative estimate of drug-likeness (QED) is 0.886. The number of aryl methyl sites for hydroxylation is 2. The molecule has 0 aliphatic carbocycles. The van der Waals surface area contributed by atoms with Gasteiger partial charge >= 0.3 is 0 Å². The lowest BCUT2D eigenvalue weighted by atomic mass is 10.0. The van der Waals surface area contributed by atoms with Crippen LogP contribution in [0.2, 0.25) is 0 Å². The zero-order chi connectivity index (χ0) is 15.2. The van der Waals surface area contributed by atoms with Gasteiger partial charge in [0.1, 0.15) is 0 Å². The van der Waals surface area contributed by atoms with E-state index in [1.54, 1.807) is 0 Å². The topological polar surface area (TPSA) is 55.1 Å². The standard InChI is InChI=1S/C18H22N2O/c1-13-3-4-14(2)17(11-13)18(21)20-12-16-7-5-15(6-8-16)9-10-19/h3-8,11H,9-10,12,19H2,1-2H3,(H,20,21). The molecule has 0 aliphatic heterocycles. The Morgan fingerprint density at radius 3 is 2.38 bits per heavy atom. The smallest absolute Gasteiger partial charge is 0.251 e. The predicted molar refractivity (Wildman–Crippen MR) is 86.3 cm³/mol. The highest BCUT2D eigenvalue weighted by Crippen LogP contribution is 2.11. The highest BCUT2D eigenvalue weighted by molar-refractivity contribution is 5.95. The first-order valence-electron chi connectivity index (χ1n) is 7.23. The summed E-state index contributed by atoms with van der Waals surface area (Å²) in [6.07, 6.45) is 0.884. The molecule has 0 aliphatic rings. The molecule has 0 saturated heterocycles. The van der Waals surface area contributed by atoms with E-state index in [0.717, 1.165) is 28.7 Å². The monoisotopic (exact) mass is 282 g/mol. The van der Waals surface area contributed by atoms with E-state index in [0.29, 0.717) is 13.1 Å². The van der Waals surface area contributed by atoms with E-state index in [1.807, 2.05) is 44.2 Å². The van der Waals surface area contributed by atoms with E-state index in [9.17, 15) is 4.79 Å². The number of hydrogen-bond acceptors (Lipinski definition) is 2. The molecule has 1 amide bonds. The van der Waals surface area contributed by atoms with Crippen LogP contribution in [-0.2, 0) is 13.0 Å². The molecular weight excluding hydrogens is 260 g/mol. The van der Waals surface area contributed by atoms with Crippen molar-refractivity contribution in [2.24, 2.45) is 5.73 Å². The second kappa shape index (κ2) is 7.04. The molecule has 0 aromatic heterocycles. The van der Waals surface area contributed by atoms with Crippen LogP contribution in [-0.4, -0.2) is 12.5 Å².